The van der Waals surface area contributed by atoms with Gasteiger partial charge in [-0.05, 0) is 18.4 Å². The van der Waals surface area contributed by atoms with Crippen LogP contribution in [0.4, 0.5) is 4.39 Å². The standard InChI is InChI=1S/C14H17FN2O2/c1-5-19-13(18)11-7-16-12-10(14(2,3)4)6-9(15)8-17(11)12/h6-8H,5H2,1-4H3. The zero-order chi connectivity index (χ0) is 14.2. The second-order valence-corrected chi connectivity index (χ2v) is 5.38. The van der Waals surface area contributed by atoms with Gasteiger partial charge in [-0.3, -0.25) is 4.40 Å². The lowest BCUT2D eigenvalue weighted by atomic mass is 9.88. The van der Waals surface area contributed by atoms with Gasteiger partial charge in [0.2, 0.25) is 0 Å². The first-order chi connectivity index (χ1) is 8.84. The van der Waals surface area contributed by atoms with Crippen molar-refractivity contribution in [2.24, 2.45) is 0 Å². The molecule has 0 aliphatic rings. The van der Waals surface area contributed by atoms with Gasteiger partial charge in [-0.2, -0.15) is 0 Å². The summed E-state index contributed by atoms with van der Waals surface area (Å²) in [5.74, 6) is -0.901. The van der Waals surface area contributed by atoms with Crippen molar-refractivity contribution in [3.05, 3.63) is 35.5 Å². The number of nitrogens with zero attached hydrogens (tertiary/aromatic N) is 2. The predicted octanol–water partition coefficient (Wildman–Crippen LogP) is 2.95. The number of carbonyl (C=O) groups is 1. The number of halogens is 1. The molecule has 0 aromatic carbocycles. The molecule has 0 bridgehead atoms. The maximum absolute atomic E-state index is 13.7. The zero-order valence-electron chi connectivity index (χ0n) is 11.5. The summed E-state index contributed by atoms with van der Waals surface area (Å²) in [5.41, 5.74) is 1.31. The molecular formula is C14H17FN2O2. The molecule has 5 heteroatoms. The molecule has 0 saturated heterocycles. The Morgan fingerprint density at radius 1 is 1.47 bits per heavy atom. The van der Waals surface area contributed by atoms with Crippen LogP contribution in [-0.2, 0) is 10.2 Å². The molecule has 2 rings (SSSR count). The number of ether oxygens (including phenoxy) is 1. The van der Waals surface area contributed by atoms with E-state index >= 15 is 0 Å². The zero-order valence-corrected chi connectivity index (χ0v) is 11.5. The molecule has 0 amide bonds. The SMILES string of the molecule is CCOC(=O)c1cnc2c(C(C)(C)C)cc(F)cn12. The Bertz CT molecular complexity index is 626. The van der Waals surface area contributed by atoms with E-state index in [9.17, 15) is 9.18 Å². The number of carbonyl (C=O) groups excluding carboxylic acids is 1. The number of imidazole rings is 1. The molecule has 102 valence electrons. The summed E-state index contributed by atoms with van der Waals surface area (Å²) in [5, 5.41) is 0. The molecule has 0 saturated carbocycles. The fourth-order valence-corrected chi connectivity index (χ4v) is 1.96. The molecule has 0 spiro atoms. The summed E-state index contributed by atoms with van der Waals surface area (Å²) in [6.45, 7) is 7.91. The minimum Gasteiger partial charge on any atom is -0.461 e. The first-order valence-electron chi connectivity index (χ1n) is 6.18. The molecule has 4 nitrogen and oxygen atoms in total. The second kappa shape index (κ2) is 4.64. The van der Waals surface area contributed by atoms with E-state index in [0.717, 1.165) is 5.56 Å². The van der Waals surface area contributed by atoms with Gasteiger partial charge in [0.05, 0.1) is 12.8 Å². The molecule has 0 atom stereocenters. The summed E-state index contributed by atoms with van der Waals surface area (Å²) in [4.78, 5) is 16.0. The van der Waals surface area contributed by atoms with E-state index in [2.05, 4.69) is 4.98 Å². The van der Waals surface area contributed by atoms with Gasteiger partial charge in [-0.1, -0.05) is 20.8 Å². The van der Waals surface area contributed by atoms with Gasteiger partial charge in [-0.15, -0.1) is 0 Å². The van der Waals surface area contributed by atoms with Crippen LogP contribution in [0.3, 0.4) is 0 Å². The largest absolute Gasteiger partial charge is 0.461 e. The lowest BCUT2D eigenvalue weighted by Gasteiger charge is -2.19. The Balaban J connectivity index is 2.67. The normalized spacial score (nSPS) is 11.8. The van der Waals surface area contributed by atoms with Crippen LogP contribution in [0, 0.1) is 5.82 Å². The maximum atomic E-state index is 13.7. The summed E-state index contributed by atoms with van der Waals surface area (Å²) >= 11 is 0. The first-order valence-corrected chi connectivity index (χ1v) is 6.18. The van der Waals surface area contributed by atoms with Crippen molar-refractivity contribution >= 4 is 11.6 Å². The van der Waals surface area contributed by atoms with E-state index in [4.69, 9.17) is 4.74 Å². The molecule has 2 aromatic heterocycles. The summed E-state index contributed by atoms with van der Waals surface area (Å²) in [6, 6.07) is 1.46. The van der Waals surface area contributed by atoms with Crippen LogP contribution in [0.1, 0.15) is 43.7 Å². The number of pyridine rings is 1. The average Bonchev–Trinajstić information content (AvgIpc) is 2.70. The van der Waals surface area contributed by atoms with E-state index in [1.165, 1.54) is 22.9 Å². The van der Waals surface area contributed by atoms with Crippen LogP contribution in [0.15, 0.2) is 18.5 Å². The smallest absolute Gasteiger partial charge is 0.356 e. The highest BCUT2D eigenvalue weighted by molar-refractivity contribution is 5.88. The van der Waals surface area contributed by atoms with E-state index in [0.29, 0.717) is 5.65 Å². The van der Waals surface area contributed by atoms with Crippen LogP contribution in [-0.4, -0.2) is 22.0 Å². The van der Waals surface area contributed by atoms with E-state index in [-0.39, 0.29) is 17.7 Å². The lowest BCUT2D eigenvalue weighted by Crippen LogP contribution is -2.15. The van der Waals surface area contributed by atoms with Crippen LogP contribution >= 0.6 is 0 Å². The summed E-state index contributed by atoms with van der Waals surface area (Å²) < 4.78 is 20.1. The Kier molecular flexibility index (Phi) is 3.30. The van der Waals surface area contributed by atoms with Gasteiger partial charge in [0.25, 0.3) is 0 Å². The van der Waals surface area contributed by atoms with Crippen molar-refractivity contribution in [3.8, 4) is 0 Å². The Labute approximate surface area is 111 Å². The number of hydrogen-bond donors (Lipinski definition) is 0. The van der Waals surface area contributed by atoms with Gasteiger partial charge in [0.15, 0.2) is 5.69 Å². The number of fused-ring (bicyclic) bond motifs is 1. The first kappa shape index (κ1) is 13.5. The van der Waals surface area contributed by atoms with Crippen LogP contribution < -0.4 is 0 Å². The fraction of sp³-hybridized carbons (Fsp3) is 0.429. The number of hydrogen-bond acceptors (Lipinski definition) is 3. The van der Waals surface area contributed by atoms with Crippen molar-refractivity contribution < 1.29 is 13.9 Å². The monoisotopic (exact) mass is 264 g/mol. The molecular weight excluding hydrogens is 247 g/mol. The Morgan fingerprint density at radius 2 is 2.16 bits per heavy atom. The summed E-state index contributed by atoms with van der Waals surface area (Å²) in [6.07, 6.45) is 2.67. The van der Waals surface area contributed by atoms with Crippen molar-refractivity contribution in [1.82, 2.24) is 9.38 Å². The molecule has 0 unspecified atom stereocenters. The molecule has 19 heavy (non-hydrogen) atoms. The molecule has 2 aromatic rings. The third-order valence-corrected chi connectivity index (χ3v) is 2.86. The number of esters is 1. The summed E-state index contributed by atoms with van der Waals surface area (Å²) in [7, 11) is 0. The van der Waals surface area contributed by atoms with Crippen molar-refractivity contribution in [2.75, 3.05) is 6.61 Å². The van der Waals surface area contributed by atoms with Gasteiger partial charge in [0.1, 0.15) is 11.5 Å². The van der Waals surface area contributed by atoms with E-state index in [1.54, 1.807) is 6.92 Å². The van der Waals surface area contributed by atoms with E-state index < -0.39 is 11.8 Å². The van der Waals surface area contributed by atoms with Gasteiger partial charge in [0, 0.05) is 11.8 Å². The van der Waals surface area contributed by atoms with Crippen molar-refractivity contribution in [1.29, 1.82) is 0 Å². The van der Waals surface area contributed by atoms with Crippen molar-refractivity contribution in [2.45, 2.75) is 33.1 Å². The van der Waals surface area contributed by atoms with Crippen LogP contribution in [0.25, 0.3) is 5.65 Å². The van der Waals surface area contributed by atoms with Crippen LogP contribution in [0.5, 0.6) is 0 Å². The molecule has 0 aliphatic heterocycles. The molecule has 0 aliphatic carbocycles. The maximum Gasteiger partial charge on any atom is 0.356 e. The van der Waals surface area contributed by atoms with Crippen molar-refractivity contribution in [3.63, 3.8) is 0 Å². The Hall–Kier alpha value is -1.91. The van der Waals surface area contributed by atoms with Gasteiger partial charge >= 0.3 is 5.97 Å². The van der Waals surface area contributed by atoms with Gasteiger partial charge in [-0.25, -0.2) is 14.2 Å². The molecule has 2 heterocycles. The quantitative estimate of drug-likeness (QED) is 0.783. The highest BCUT2D eigenvalue weighted by atomic mass is 19.1. The minimum atomic E-state index is -0.500. The fourth-order valence-electron chi connectivity index (χ4n) is 1.96. The van der Waals surface area contributed by atoms with Gasteiger partial charge < -0.3 is 4.74 Å². The Morgan fingerprint density at radius 3 is 2.74 bits per heavy atom. The number of aromatic nitrogens is 2. The highest BCUT2D eigenvalue weighted by Crippen LogP contribution is 2.27. The average molecular weight is 264 g/mol. The molecule has 0 N–H and O–H groups in total. The number of rotatable bonds is 2. The van der Waals surface area contributed by atoms with E-state index in [1.807, 2.05) is 20.8 Å². The van der Waals surface area contributed by atoms with Crippen LogP contribution in [0.2, 0.25) is 0 Å². The predicted molar refractivity (Wildman–Crippen MR) is 69.8 cm³/mol. The third-order valence-electron chi connectivity index (χ3n) is 2.86. The highest BCUT2D eigenvalue weighted by Gasteiger charge is 2.22. The molecule has 0 radical (unpaired) electrons. The minimum absolute atomic E-state index is 0.238. The third kappa shape index (κ3) is 2.45. The molecule has 0 fully saturated rings. The lowest BCUT2D eigenvalue weighted by molar-refractivity contribution is 0.0518. The second-order valence-electron chi connectivity index (χ2n) is 5.38. The topological polar surface area (TPSA) is 43.6 Å².